The van der Waals surface area contributed by atoms with Crippen molar-refractivity contribution in [3.05, 3.63) is 58.9 Å². The molecule has 28 heavy (non-hydrogen) atoms. The molecule has 5 nitrogen and oxygen atoms in total. The van der Waals surface area contributed by atoms with E-state index in [1.807, 2.05) is 13.0 Å². The lowest BCUT2D eigenvalue weighted by Crippen LogP contribution is -2.35. The van der Waals surface area contributed by atoms with Crippen molar-refractivity contribution in [1.82, 2.24) is 10.6 Å². The predicted octanol–water partition coefficient (Wildman–Crippen LogP) is 4.06. The van der Waals surface area contributed by atoms with Crippen molar-refractivity contribution in [2.75, 3.05) is 13.1 Å². The van der Waals surface area contributed by atoms with Gasteiger partial charge in [-0.05, 0) is 25.1 Å². The van der Waals surface area contributed by atoms with Gasteiger partial charge in [0.15, 0.2) is 11.6 Å². The van der Waals surface area contributed by atoms with Crippen molar-refractivity contribution in [1.29, 1.82) is 0 Å². The molecule has 0 unspecified atom stereocenters. The molecule has 0 saturated heterocycles. The van der Waals surface area contributed by atoms with E-state index in [0.29, 0.717) is 24.4 Å². The molecule has 1 amide bonds. The summed E-state index contributed by atoms with van der Waals surface area (Å²) in [6.45, 7) is 2.95. The summed E-state index contributed by atoms with van der Waals surface area (Å²) in [5.74, 6) is -0.123. The number of nitrogens with one attached hydrogen (secondary N) is 2. The maximum Gasteiger partial charge on any atom is 0.221 e. The Kier molecular flexibility index (Phi) is 12.8. The van der Waals surface area contributed by atoms with E-state index in [-0.39, 0.29) is 60.5 Å². The highest BCUT2D eigenvalue weighted by Gasteiger charge is 2.16. The van der Waals surface area contributed by atoms with E-state index >= 15 is 0 Å². The number of benzene rings is 2. The van der Waals surface area contributed by atoms with Crippen LogP contribution >= 0.6 is 36.4 Å². The molecule has 2 rings (SSSR count). The molecule has 0 heterocycles. The normalized spacial score (nSPS) is 11.0. The lowest BCUT2D eigenvalue weighted by molar-refractivity contribution is -0.121. The molecule has 156 valence electrons. The van der Waals surface area contributed by atoms with Gasteiger partial charge in [0.1, 0.15) is 5.75 Å². The van der Waals surface area contributed by atoms with Gasteiger partial charge in [0.2, 0.25) is 5.91 Å². The lowest BCUT2D eigenvalue weighted by atomic mass is 10.1. The third kappa shape index (κ3) is 8.20. The van der Waals surface area contributed by atoms with Gasteiger partial charge in [-0.15, -0.1) is 24.8 Å². The van der Waals surface area contributed by atoms with Gasteiger partial charge in [-0.2, -0.15) is 0 Å². The standard InChI is InChI=1S/C19H23ClFN3O2.2ClH/c1-13(11-17(25)23-10-9-22)24-12-14-7-8-16(20)19(18(14)21)26-15-5-3-2-4-6-15;;/h2-8,13,24H,9-12,22H2,1H3,(H,23,25);2*1H/t13-;;/m1../s1. The van der Waals surface area contributed by atoms with Crippen molar-refractivity contribution in [2.45, 2.75) is 25.9 Å². The fourth-order valence-corrected chi connectivity index (χ4v) is 2.51. The first-order valence-corrected chi connectivity index (χ1v) is 8.79. The Labute approximate surface area is 182 Å². The van der Waals surface area contributed by atoms with Crippen molar-refractivity contribution < 1.29 is 13.9 Å². The number of nitrogens with two attached hydrogens (primary N) is 1. The zero-order valence-corrected chi connectivity index (χ0v) is 17.8. The predicted molar refractivity (Wildman–Crippen MR) is 115 cm³/mol. The summed E-state index contributed by atoms with van der Waals surface area (Å²) in [5.41, 5.74) is 5.76. The molecule has 2 aromatic rings. The quantitative estimate of drug-likeness (QED) is 0.536. The summed E-state index contributed by atoms with van der Waals surface area (Å²) in [5, 5.41) is 6.03. The molecule has 0 aromatic heterocycles. The summed E-state index contributed by atoms with van der Waals surface area (Å²) in [7, 11) is 0. The molecule has 0 aliphatic heterocycles. The van der Waals surface area contributed by atoms with E-state index < -0.39 is 5.82 Å². The minimum absolute atomic E-state index is 0. The Bertz CT molecular complexity index is 736. The number of halogens is 4. The number of amides is 1. The average molecular weight is 453 g/mol. The topological polar surface area (TPSA) is 76.4 Å². The molecule has 9 heteroatoms. The Morgan fingerprint density at radius 3 is 2.54 bits per heavy atom. The third-order valence-corrected chi connectivity index (χ3v) is 3.99. The molecule has 2 aromatic carbocycles. The molecule has 0 aliphatic carbocycles. The van der Waals surface area contributed by atoms with Crippen LogP contribution in [0.4, 0.5) is 4.39 Å². The molecular formula is C19H25Cl3FN3O2. The average Bonchev–Trinajstić information content (AvgIpc) is 2.63. The fourth-order valence-electron chi connectivity index (χ4n) is 2.33. The van der Waals surface area contributed by atoms with Crippen molar-refractivity contribution in [3.63, 3.8) is 0 Å². The highest BCUT2D eigenvalue weighted by Crippen LogP contribution is 2.33. The smallest absolute Gasteiger partial charge is 0.221 e. The Morgan fingerprint density at radius 2 is 1.89 bits per heavy atom. The van der Waals surface area contributed by atoms with E-state index in [1.165, 1.54) is 0 Å². The minimum atomic E-state index is -0.520. The van der Waals surface area contributed by atoms with Crippen LogP contribution in [-0.2, 0) is 11.3 Å². The van der Waals surface area contributed by atoms with Crippen LogP contribution in [0.25, 0.3) is 0 Å². The van der Waals surface area contributed by atoms with Crippen molar-refractivity contribution >= 4 is 42.3 Å². The second-order valence-electron chi connectivity index (χ2n) is 5.89. The van der Waals surface area contributed by atoms with Crippen LogP contribution in [0.5, 0.6) is 11.5 Å². The molecule has 0 saturated carbocycles. The first kappa shape index (κ1) is 26.4. The SMILES string of the molecule is C[C@H](CC(=O)NCCN)NCc1ccc(Cl)c(Oc2ccccc2)c1F.Cl.Cl. The number of hydrogen-bond acceptors (Lipinski definition) is 4. The monoisotopic (exact) mass is 451 g/mol. The van der Waals surface area contributed by atoms with E-state index in [4.69, 9.17) is 22.1 Å². The number of carbonyl (C=O) groups is 1. The Hall–Kier alpha value is -1.57. The van der Waals surface area contributed by atoms with Gasteiger partial charge in [-0.1, -0.05) is 35.9 Å². The third-order valence-electron chi connectivity index (χ3n) is 3.69. The first-order chi connectivity index (χ1) is 12.5. The maximum atomic E-state index is 14.8. The van der Waals surface area contributed by atoms with Crippen LogP contribution in [0.3, 0.4) is 0 Å². The van der Waals surface area contributed by atoms with Gasteiger partial charge in [-0.25, -0.2) is 4.39 Å². The van der Waals surface area contributed by atoms with E-state index in [1.54, 1.807) is 36.4 Å². The van der Waals surface area contributed by atoms with Gasteiger partial charge in [0.25, 0.3) is 0 Å². The van der Waals surface area contributed by atoms with Crippen LogP contribution in [0.15, 0.2) is 42.5 Å². The van der Waals surface area contributed by atoms with Gasteiger partial charge in [0.05, 0.1) is 5.02 Å². The van der Waals surface area contributed by atoms with Crippen LogP contribution in [0, 0.1) is 5.82 Å². The summed E-state index contributed by atoms with van der Waals surface area (Å²) in [6, 6.07) is 12.0. The van der Waals surface area contributed by atoms with Gasteiger partial charge in [0, 0.05) is 37.7 Å². The van der Waals surface area contributed by atoms with Gasteiger partial charge in [-0.3, -0.25) is 4.79 Å². The summed E-state index contributed by atoms with van der Waals surface area (Å²) < 4.78 is 20.3. The fraction of sp³-hybridized carbons (Fsp3) is 0.316. The van der Waals surface area contributed by atoms with Crippen molar-refractivity contribution in [2.24, 2.45) is 5.73 Å². The first-order valence-electron chi connectivity index (χ1n) is 8.41. The number of rotatable bonds is 9. The molecule has 0 radical (unpaired) electrons. The Balaban J connectivity index is 0.00000364. The lowest BCUT2D eigenvalue weighted by Gasteiger charge is -2.16. The van der Waals surface area contributed by atoms with Crippen LogP contribution < -0.4 is 21.1 Å². The highest BCUT2D eigenvalue weighted by atomic mass is 35.5. The number of para-hydroxylation sites is 1. The maximum absolute atomic E-state index is 14.8. The molecular weight excluding hydrogens is 428 g/mol. The summed E-state index contributed by atoms with van der Waals surface area (Å²) in [4.78, 5) is 11.7. The molecule has 0 spiro atoms. The van der Waals surface area contributed by atoms with Crippen LogP contribution in [-0.4, -0.2) is 25.0 Å². The van der Waals surface area contributed by atoms with Gasteiger partial charge < -0.3 is 21.1 Å². The summed E-state index contributed by atoms with van der Waals surface area (Å²) >= 11 is 6.08. The number of hydrogen-bond donors (Lipinski definition) is 3. The zero-order chi connectivity index (χ0) is 18.9. The summed E-state index contributed by atoms with van der Waals surface area (Å²) in [6.07, 6.45) is 0.280. The molecule has 4 N–H and O–H groups in total. The second kappa shape index (κ2) is 13.6. The number of ether oxygens (including phenoxy) is 1. The molecule has 1 atom stereocenters. The van der Waals surface area contributed by atoms with E-state index in [9.17, 15) is 9.18 Å². The minimum Gasteiger partial charge on any atom is -0.453 e. The zero-order valence-electron chi connectivity index (χ0n) is 15.4. The van der Waals surface area contributed by atoms with Crippen LogP contribution in [0.2, 0.25) is 5.02 Å². The van der Waals surface area contributed by atoms with Crippen LogP contribution in [0.1, 0.15) is 18.9 Å². The molecule has 0 fully saturated rings. The highest BCUT2D eigenvalue weighted by molar-refractivity contribution is 6.32. The number of carbonyl (C=O) groups excluding carboxylic acids is 1. The second-order valence-corrected chi connectivity index (χ2v) is 6.30. The van der Waals surface area contributed by atoms with Crippen molar-refractivity contribution in [3.8, 4) is 11.5 Å². The molecule has 0 aliphatic rings. The van der Waals surface area contributed by atoms with E-state index in [2.05, 4.69) is 10.6 Å². The molecule has 0 bridgehead atoms. The van der Waals surface area contributed by atoms with Gasteiger partial charge >= 0.3 is 0 Å². The van der Waals surface area contributed by atoms with E-state index in [0.717, 1.165) is 0 Å². The Morgan fingerprint density at radius 1 is 1.21 bits per heavy atom. The largest absolute Gasteiger partial charge is 0.453 e.